The van der Waals surface area contributed by atoms with Crippen molar-refractivity contribution in [1.82, 2.24) is 5.32 Å². The molecule has 2 N–H and O–H groups in total. The number of piperidine rings is 1. The molecule has 0 aliphatic carbocycles. The van der Waals surface area contributed by atoms with Crippen LogP contribution in [0.5, 0.6) is 0 Å². The fourth-order valence-electron chi connectivity index (χ4n) is 1.55. The predicted molar refractivity (Wildman–Crippen MR) is 57.9 cm³/mol. The van der Waals surface area contributed by atoms with Crippen LogP contribution >= 0.6 is 0 Å². The fraction of sp³-hybridized carbons (Fsp3) is 0.727. The summed E-state index contributed by atoms with van der Waals surface area (Å²) in [6.45, 7) is 3.70. The first-order chi connectivity index (χ1) is 7.20. The van der Waals surface area contributed by atoms with Crippen LogP contribution in [0.3, 0.4) is 0 Å². The van der Waals surface area contributed by atoms with Crippen molar-refractivity contribution in [2.24, 2.45) is 0 Å². The first kappa shape index (κ1) is 12.2. The number of aliphatic carboxylic acids is 1. The molecular formula is C11H19NO3. The summed E-state index contributed by atoms with van der Waals surface area (Å²) in [5.74, 6) is -0.880. The van der Waals surface area contributed by atoms with Gasteiger partial charge in [-0.25, -0.2) is 4.79 Å². The molecule has 1 rings (SSSR count). The zero-order chi connectivity index (χ0) is 11.1. The van der Waals surface area contributed by atoms with E-state index in [0.29, 0.717) is 24.8 Å². The monoisotopic (exact) mass is 213 g/mol. The van der Waals surface area contributed by atoms with Gasteiger partial charge in [0, 0.05) is 11.6 Å². The van der Waals surface area contributed by atoms with Crippen LogP contribution in [0, 0.1) is 0 Å². The lowest BCUT2D eigenvalue weighted by atomic mass is 10.1. The highest BCUT2D eigenvalue weighted by Gasteiger charge is 2.11. The quantitative estimate of drug-likeness (QED) is 0.532. The highest BCUT2D eigenvalue weighted by atomic mass is 16.5. The summed E-state index contributed by atoms with van der Waals surface area (Å²) in [5, 5.41) is 12.0. The molecule has 0 aromatic heterocycles. The first-order valence-electron chi connectivity index (χ1n) is 5.41. The van der Waals surface area contributed by atoms with E-state index in [1.165, 1.54) is 12.8 Å². The maximum atomic E-state index is 10.5. The molecule has 1 fully saturated rings. The molecule has 0 aromatic rings. The van der Waals surface area contributed by atoms with E-state index in [-0.39, 0.29) is 0 Å². The minimum atomic E-state index is -0.880. The van der Waals surface area contributed by atoms with Gasteiger partial charge in [0.05, 0.1) is 13.2 Å². The molecule has 4 nitrogen and oxygen atoms in total. The minimum absolute atomic E-state index is 0.339. The Morgan fingerprint density at radius 2 is 2.40 bits per heavy atom. The van der Waals surface area contributed by atoms with Crippen LogP contribution in [-0.4, -0.2) is 36.9 Å². The van der Waals surface area contributed by atoms with Crippen molar-refractivity contribution in [3.8, 4) is 0 Å². The summed E-state index contributed by atoms with van der Waals surface area (Å²) in [6, 6.07) is 0.442. The molecule has 0 amide bonds. The van der Waals surface area contributed by atoms with E-state index in [1.807, 2.05) is 0 Å². The topological polar surface area (TPSA) is 58.6 Å². The lowest BCUT2D eigenvalue weighted by molar-refractivity contribution is -0.132. The third-order valence-electron chi connectivity index (χ3n) is 2.58. The standard InChI is InChI=1S/C11H19NO3/c1-9(11(13)14)5-7-15-8-10-4-2-3-6-12-10/h5,10,12H,2-4,6-8H2,1H3,(H,13,14). The smallest absolute Gasteiger partial charge is 0.331 e. The number of hydrogen-bond donors (Lipinski definition) is 2. The lowest BCUT2D eigenvalue weighted by Gasteiger charge is -2.22. The van der Waals surface area contributed by atoms with Crippen LogP contribution in [-0.2, 0) is 9.53 Å². The summed E-state index contributed by atoms with van der Waals surface area (Å²) >= 11 is 0. The molecule has 0 radical (unpaired) electrons. The molecule has 0 aromatic carbocycles. The summed E-state index contributed by atoms with van der Waals surface area (Å²) in [7, 11) is 0. The number of hydrogen-bond acceptors (Lipinski definition) is 3. The van der Waals surface area contributed by atoms with Crippen molar-refractivity contribution >= 4 is 5.97 Å². The van der Waals surface area contributed by atoms with Gasteiger partial charge in [-0.15, -0.1) is 0 Å². The molecule has 1 aliphatic rings. The largest absolute Gasteiger partial charge is 0.478 e. The van der Waals surface area contributed by atoms with E-state index < -0.39 is 5.97 Å². The number of rotatable bonds is 5. The number of carboxylic acid groups (broad SMARTS) is 1. The number of ether oxygens (including phenoxy) is 1. The van der Waals surface area contributed by atoms with Crippen LogP contribution in [0.25, 0.3) is 0 Å². The molecule has 1 aliphatic heterocycles. The van der Waals surface area contributed by atoms with Crippen LogP contribution in [0.15, 0.2) is 11.6 Å². The summed E-state index contributed by atoms with van der Waals surface area (Å²) in [5.41, 5.74) is 0.339. The van der Waals surface area contributed by atoms with Crippen molar-refractivity contribution in [1.29, 1.82) is 0 Å². The van der Waals surface area contributed by atoms with Gasteiger partial charge < -0.3 is 15.2 Å². The van der Waals surface area contributed by atoms with Crippen LogP contribution in [0.2, 0.25) is 0 Å². The maximum absolute atomic E-state index is 10.5. The van der Waals surface area contributed by atoms with Crippen molar-refractivity contribution in [2.75, 3.05) is 19.8 Å². The van der Waals surface area contributed by atoms with Gasteiger partial charge >= 0.3 is 5.97 Å². The lowest BCUT2D eigenvalue weighted by Crippen LogP contribution is -2.37. The zero-order valence-corrected chi connectivity index (χ0v) is 9.16. The second-order valence-corrected chi connectivity index (χ2v) is 3.88. The van der Waals surface area contributed by atoms with Crippen LogP contribution in [0.1, 0.15) is 26.2 Å². The van der Waals surface area contributed by atoms with Gasteiger partial charge in [-0.1, -0.05) is 6.42 Å². The van der Waals surface area contributed by atoms with Gasteiger partial charge in [0.2, 0.25) is 0 Å². The zero-order valence-electron chi connectivity index (χ0n) is 9.16. The Labute approximate surface area is 90.3 Å². The van der Waals surface area contributed by atoms with Crippen molar-refractivity contribution in [3.05, 3.63) is 11.6 Å². The highest BCUT2D eigenvalue weighted by Crippen LogP contribution is 2.07. The molecule has 0 spiro atoms. The number of carbonyl (C=O) groups is 1. The van der Waals surface area contributed by atoms with Gasteiger partial charge in [0.25, 0.3) is 0 Å². The fourth-order valence-corrected chi connectivity index (χ4v) is 1.55. The summed E-state index contributed by atoms with van der Waals surface area (Å²) in [6.07, 6.45) is 5.26. The van der Waals surface area contributed by atoms with Gasteiger partial charge in [-0.05, 0) is 32.4 Å². The van der Waals surface area contributed by atoms with Gasteiger partial charge in [0.1, 0.15) is 0 Å². The molecule has 0 bridgehead atoms. The molecule has 1 heterocycles. The Morgan fingerprint density at radius 1 is 1.60 bits per heavy atom. The second kappa shape index (κ2) is 6.58. The Balaban J connectivity index is 2.10. The SMILES string of the molecule is CC(=CCOCC1CCCCN1)C(=O)O. The van der Waals surface area contributed by atoms with E-state index in [4.69, 9.17) is 9.84 Å². The number of nitrogens with one attached hydrogen (secondary N) is 1. The maximum Gasteiger partial charge on any atom is 0.331 e. The molecule has 0 saturated carbocycles. The average molecular weight is 213 g/mol. The molecule has 1 saturated heterocycles. The van der Waals surface area contributed by atoms with E-state index in [9.17, 15) is 4.79 Å². The van der Waals surface area contributed by atoms with E-state index in [0.717, 1.165) is 13.0 Å². The third-order valence-corrected chi connectivity index (χ3v) is 2.58. The minimum Gasteiger partial charge on any atom is -0.478 e. The first-order valence-corrected chi connectivity index (χ1v) is 5.41. The molecular weight excluding hydrogens is 194 g/mol. The predicted octanol–water partition coefficient (Wildman–Crippen LogP) is 1.18. The van der Waals surface area contributed by atoms with Crippen LogP contribution in [0.4, 0.5) is 0 Å². The van der Waals surface area contributed by atoms with Gasteiger partial charge in [-0.3, -0.25) is 0 Å². The second-order valence-electron chi connectivity index (χ2n) is 3.88. The molecule has 86 valence electrons. The van der Waals surface area contributed by atoms with Crippen molar-refractivity contribution < 1.29 is 14.6 Å². The normalized spacial score (nSPS) is 22.7. The van der Waals surface area contributed by atoms with E-state index >= 15 is 0 Å². The Bertz CT molecular complexity index is 232. The Hall–Kier alpha value is -0.870. The molecule has 15 heavy (non-hydrogen) atoms. The third kappa shape index (κ3) is 4.95. The summed E-state index contributed by atoms with van der Waals surface area (Å²) in [4.78, 5) is 10.5. The van der Waals surface area contributed by atoms with Gasteiger partial charge in [-0.2, -0.15) is 0 Å². The Kier molecular flexibility index (Phi) is 5.36. The summed E-state index contributed by atoms with van der Waals surface area (Å²) < 4.78 is 5.39. The highest BCUT2D eigenvalue weighted by molar-refractivity contribution is 5.85. The van der Waals surface area contributed by atoms with Crippen molar-refractivity contribution in [3.63, 3.8) is 0 Å². The molecule has 1 atom stereocenters. The average Bonchev–Trinajstić information content (AvgIpc) is 2.25. The van der Waals surface area contributed by atoms with E-state index in [1.54, 1.807) is 13.0 Å². The van der Waals surface area contributed by atoms with Gasteiger partial charge in [0.15, 0.2) is 0 Å². The van der Waals surface area contributed by atoms with Crippen molar-refractivity contribution in [2.45, 2.75) is 32.2 Å². The molecule has 1 unspecified atom stereocenters. The number of carboxylic acids is 1. The van der Waals surface area contributed by atoms with Crippen LogP contribution < -0.4 is 5.32 Å². The molecule has 4 heteroatoms. The Morgan fingerprint density at radius 3 is 3.00 bits per heavy atom. The van der Waals surface area contributed by atoms with E-state index in [2.05, 4.69) is 5.32 Å².